The van der Waals surface area contributed by atoms with E-state index >= 15 is 0 Å². The lowest BCUT2D eigenvalue weighted by Crippen LogP contribution is -2.26. The van der Waals surface area contributed by atoms with Gasteiger partial charge in [0.2, 0.25) is 0 Å². The van der Waals surface area contributed by atoms with Gasteiger partial charge in [-0.15, -0.1) is 0 Å². The molecule has 0 radical (unpaired) electrons. The number of aromatic nitrogens is 6. The van der Waals surface area contributed by atoms with Crippen molar-refractivity contribution in [1.29, 1.82) is 10.5 Å². The third-order valence-electron chi connectivity index (χ3n) is 24.0. The first-order valence-corrected chi connectivity index (χ1v) is 39.1. The van der Waals surface area contributed by atoms with Crippen LogP contribution in [0.2, 0.25) is 0 Å². The van der Waals surface area contributed by atoms with Crippen molar-refractivity contribution in [2.75, 3.05) is 0 Å². The zero-order valence-electron chi connectivity index (χ0n) is 62.5. The molecule has 2 spiro atoms. The summed E-state index contributed by atoms with van der Waals surface area (Å²) in [4.78, 5) is 30.5. The maximum atomic E-state index is 9.60. The first-order chi connectivity index (χ1) is 57.4. The van der Waals surface area contributed by atoms with Gasteiger partial charge in [0.1, 0.15) is 0 Å². The van der Waals surface area contributed by atoms with Gasteiger partial charge in [-0.2, -0.15) is 10.5 Å². The monoisotopic (exact) mass is 1470 g/mol. The molecule has 19 aromatic rings. The number of benzene rings is 17. The first kappa shape index (κ1) is 67.2. The van der Waals surface area contributed by atoms with Crippen LogP contribution in [0.1, 0.15) is 55.6 Å². The molecule has 0 N–H and O–H groups in total. The Balaban J connectivity index is 0.000000141. The van der Waals surface area contributed by atoms with Crippen LogP contribution in [0.25, 0.3) is 168 Å². The molecule has 0 saturated carbocycles. The predicted molar refractivity (Wildman–Crippen MR) is 466 cm³/mol. The molecular weight excluding hydrogens is 1410 g/mol. The molecule has 8 heteroatoms. The zero-order valence-corrected chi connectivity index (χ0v) is 62.5. The SMILES string of the molecule is N#Cc1ccc(-c2cccc3c2-c2ccccc2C32c3ccccc3-c3c2cc(-c2ccc(-c4nc(-c5ccccc5)nc(-c5ccccc5)n4)cc2)c2ccccc32)cc1.N#Cc1ccc(-c2cccc3c2-c2ccccc2C32c3ccccc3-c3c2cc(-c2nc(-c4ccccc4)nc(-c4ccccc4)n2)c2ccccc32)cc1. The highest BCUT2D eigenvalue weighted by atomic mass is 15.0. The number of rotatable bonds is 9. The third-order valence-corrected chi connectivity index (χ3v) is 24.0. The summed E-state index contributed by atoms with van der Waals surface area (Å²) in [7, 11) is 0. The van der Waals surface area contributed by atoms with Crippen LogP contribution in [-0.4, -0.2) is 29.9 Å². The van der Waals surface area contributed by atoms with Crippen molar-refractivity contribution in [3.05, 3.63) is 444 Å². The highest BCUT2D eigenvalue weighted by molar-refractivity contribution is 6.14. The molecule has 2 unspecified atom stereocenters. The number of fused-ring (bicyclic) bond motifs is 24. The van der Waals surface area contributed by atoms with Crippen LogP contribution in [-0.2, 0) is 10.8 Å². The predicted octanol–water partition coefficient (Wildman–Crippen LogP) is 25.5. The van der Waals surface area contributed by atoms with Gasteiger partial charge < -0.3 is 0 Å². The fraction of sp³-hybridized carbons (Fsp3) is 0.0185. The van der Waals surface area contributed by atoms with E-state index in [2.05, 4.69) is 279 Å². The average molecular weight is 1470 g/mol. The zero-order chi connectivity index (χ0) is 77.0. The Hall–Kier alpha value is -15.7. The van der Waals surface area contributed by atoms with E-state index in [1.807, 2.05) is 121 Å². The Bertz CT molecular complexity index is 7200. The van der Waals surface area contributed by atoms with E-state index in [0.29, 0.717) is 46.1 Å². The summed E-state index contributed by atoms with van der Waals surface area (Å²) in [5.74, 6) is 3.82. The van der Waals surface area contributed by atoms with Crippen molar-refractivity contribution < 1.29 is 0 Å². The smallest absolute Gasteiger partial charge is 0.164 e. The second-order valence-electron chi connectivity index (χ2n) is 30.0. The minimum atomic E-state index is -0.600. The standard InChI is InChI=1S/C57H34N4.C51H30N4/c58-35-36-26-28-37(29-27-36)42-22-13-25-50-52(42)45-20-9-11-23-48(45)57(50)49-24-12-10-21-46(49)53-44-19-8-7-18-43(44)47(34-51(53)57)38-30-32-41(33-31-38)56-60-54(39-14-3-1-4-15-39)59-55(61-56)40-16-5-2-6-17-40;52-31-32-26-28-33(29-27-32)36-22-13-25-44-46(36)39-20-9-11-23-42(39)51(44)43-24-12-10-21-40(43)47-38-19-8-7-18-37(38)41(30-45(47)51)50-54-48(34-14-3-1-4-15-34)53-49(55-50)35-16-5-2-6-17-35/h1-34H;1-30H. The Morgan fingerprint density at radius 1 is 0.172 bits per heavy atom. The second kappa shape index (κ2) is 27.0. The number of hydrogen-bond acceptors (Lipinski definition) is 8. The maximum absolute atomic E-state index is 9.60. The van der Waals surface area contributed by atoms with Crippen molar-refractivity contribution in [2.45, 2.75) is 10.8 Å². The molecule has 2 atom stereocenters. The van der Waals surface area contributed by atoms with Gasteiger partial charge in [-0.1, -0.05) is 352 Å². The van der Waals surface area contributed by atoms with Crippen LogP contribution < -0.4 is 0 Å². The van der Waals surface area contributed by atoms with Crippen LogP contribution in [0.15, 0.2) is 388 Å². The van der Waals surface area contributed by atoms with Gasteiger partial charge in [-0.3, -0.25) is 0 Å². The highest BCUT2D eigenvalue weighted by Gasteiger charge is 2.55. The normalized spacial score (nSPS) is 14.4. The van der Waals surface area contributed by atoms with Crippen molar-refractivity contribution in [3.63, 3.8) is 0 Å². The molecule has 0 aliphatic heterocycles. The molecular formula is C108H64N8. The summed E-state index contributed by atoms with van der Waals surface area (Å²) < 4.78 is 0. The van der Waals surface area contributed by atoms with Gasteiger partial charge in [0.15, 0.2) is 34.9 Å². The van der Waals surface area contributed by atoms with Crippen LogP contribution in [0.3, 0.4) is 0 Å². The molecule has 2 heterocycles. The molecule has 0 saturated heterocycles. The molecule has 4 aliphatic rings. The van der Waals surface area contributed by atoms with Crippen LogP contribution in [0.4, 0.5) is 0 Å². The summed E-state index contributed by atoms with van der Waals surface area (Å²) in [6, 6.07) is 141. The van der Waals surface area contributed by atoms with Gasteiger partial charge in [0.05, 0.1) is 34.1 Å². The van der Waals surface area contributed by atoms with Gasteiger partial charge >= 0.3 is 0 Å². The fourth-order valence-corrected chi connectivity index (χ4v) is 19.1. The van der Waals surface area contributed by atoms with E-state index in [9.17, 15) is 10.5 Å². The minimum Gasteiger partial charge on any atom is -0.208 e. The first-order valence-electron chi connectivity index (χ1n) is 39.1. The average Bonchev–Trinajstić information content (AvgIpc) is 1.50. The Morgan fingerprint density at radius 2 is 0.422 bits per heavy atom. The summed E-state index contributed by atoms with van der Waals surface area (Å²) in [5.41, 5.74) is 32.6. The molecule has 0 amide bonds. The van der Waals surface area contributed by atoms with Gasteiger partial charge in [-0.05, 0) is 180 Å². The van der Waals surface area contributed by atoms with E-state index in [0.717, 1.165) is 72.0 Å². The number of nitrogens with zero attached hydrogens (tertiary/aromatic N) is 8. The van der Waals surface area contributed by atoms with Crippen molar-refractivity contribution in [1.82, 2.24) is 29.9 Å². The summed E-state index contributed by atoms with van der Waals surface area (Å²) in [6.07, 6.45) is 0. The number of nitriles is 2. The van der Waals surface area contributed by atoms with Crippen LogP contribution >= 0.6 is 0 Å². The maximum Gasteiger partial charge on any atom is 0.164 e. The quantitative estimate of drug-likeness (QED) is 0.140. The van der Waals surface area contributed by atoms with Gasteiger partial charge in [-0.25, -0.2) is 29.9 Å². The third kappa shape index (κ3) is 10.3. The summed E-state index contributed by atoms with van der Waals surface area (Å²) in [6.45, 7) is 0. The van der Waals surface area contributed by atoms with E-state index in [1.165, 1.54) is 105 Å². The van der Waals surface area contributed by atoms with E-state index in [1.54, 1.807) is 0 Å². The molecule has 116 heavy (non-hydrogen) atoms. The van der Waals surface area contributed by atoms with E-state index in [-0.39, 0.29) is 0 Å². The molecule has 4 aliphatic carbocycles. The highest BCUT2D eigenvalue weighted by Crippen LogP contribution is 2.68. The van der Waals surface area contributed by atoms with Crippen molar-refractivity contribution in [3.8, 4) is 158 Å². The van der Waals surface area contributed by atoms with E-state index < -0.39 is 10.8 Å². The second-order valence-corrected chi connectivity index (χ2v) is 30.0. The van der Waals surface area contributed by atoms with Gasteiger partial charge in [0, 0.05) is 33.4 Å². The lowest BCUT2D eigenvalue weighted by atomic mass is 9.69. The molecule has 23 rings (SSSR count). The molecule has 0 fully saturated rings. The summed E-state index contributed by atoms with van der Waals surface area (Å²) in [5, 5.41) is 23.9. The van der Waals surface area contributed by atoms with Crippen molar-refractivity contribution >= 4 is 21.5 Å². The minimum absolute atomic E-state index is 0.550. The van der Waals surface area contributed by atoms with Gasteiger partial charge in [0.25, 0.3) is 0 Å². The number of hydrogen-bond donors (Lipinski definition) is 0. The molecule has 17 aromatic carbocycles. The van der Waals surface area contributed by atoms with Crippen LogP contribution in [0, 0.1) is 22.7 Å². The lowest BCUT2D eigenvalue weighted by molar-refractivity contribution is 0.794. The molecule has 0 bridgehead atoms. The molecule has 536 valence electrons. The Kier molecular flexibility index (Phi) is 15.7. The largest absolute Gasteiger partial charge is 0.208 e. The molecule has 8 nitrogen and oxygen atoms in total. The van der Waals surface area contributed by atoms with Crippen LogP contribution in [0.5, 0.6) is 0 Å². The Labute approximate surface area is 670 Å². The van der Waals surface area contributed by atoms with E-state index in [4.69, 9.17) is 29.9 Å². The topological polar surface area (TPSA) is 125 Å². The fourth-order valence-electron chi connectivity index (χ4n) is 19.1. The Morgan fingerprint density at radius 3 is 0.784 bits per heavy atom. The van der Waals surface area contributed by atoms with Crippen molar-refractivity contribution in [2.24, 2.45) is 0 Å². The lowest BCUT2D eigenvalue weighted by Gasteiger charge is -2.31. The molecule has 2 aromatic heterocycles. The summed E-state index contributed by atoms with van der Waals surface area (Å²) >= 11 is 0.